The molecular formula is C13H13ClN2O2. The van der Waals surface area contributed by atoms with E-state index in [4.69, 9.17) is 21.1 Å². The maximum absolute atomic E-state index is 5.63. The van der Waals surface area contributed by atoms with Crippen molar-refractivity contribution in [2.24, 2.45) is 0 Å². The molecule has 0 spiro atoms. The Bertz CT molecular complexity index is 485. The summed E-state index contributed by atoms with van der Waals surface area (Å²) >= 11 is 5.63. The standard InChI is InChI=1S/C13H13ClN2O2/c1-2-17-11-4-6-12(7-5-11)18-13-8-3-10(9-14)15-16-13/h3-8H,2,9H2,1H3. The molecule has 0 aliphatic carbocycles. The largest absolute Gasteiger partial charge is 0.494 e. The van der Waals surface area contributed by atoms with Crippen LogP contribution in [-0.4, -0.2) is 16.8 Å². The minimum absolute atomic E-state index is 0.344. The van der Waals surface area contributed by atoms with Crippen LogP contribution in [-0.2, 0) is 5.88 Å². The summed E-state index contributed by atoms with van der Waals surface area (Å²) in [5, 5.41) is 7.82. The van der Waals surface area contributed by atoms with E-state index in [0.29, 0.717) is 24.1 Å². The van der Waals surface area contributed by atoms with E-state index in [1.165, 1.54) is 0 Å². The number of hydrogen-bond donors (Lipinski definition) is 0. The van der Waals surface area contributed by atoms with Crippen LogP contribution in [0.25, 0.3) is 0 Å². The van der Waals surface area contributed by atoms with Crippen molar-refractivity contribution < 1.29 is 9.47 Å². The zero-order valence-corrected chi connectivity index (χ0v) is 10.7. The number of hydrogen-bond acceptors (Lipinski definition) is 4. The molecule has 4 nitrogen and oxygen atoms in total. The Balaban J connectivity index is 2.03. The Labute approximate surface area is 111 Å². The third kappa shape index (κ3) is 3.34. The van der Waals surface area contributed by atoms with E-state index in [2.05, 4.69) is 10.2 Å². The third-order valence-electron chi connectivity index (χ3n) is 2.19. The molecule has 0 saturated carbocycles. The number of benzene rings is 1. The van der Waals surface area contributed by atoms with Crippen molar-refractivity contribution >= 4 is 11.6 Å². The second kappa shape index (κ2) is 6.21. The van der Waals surface area contributed by atoms with Gasteiger partial charge in [-0.1, -0.05) is 0 Å². The van der Waals surface area contributed by atoms with Gasteiger partial charge in [0.1, 0.15) is 11.5 Å². The number of nitrogens with zero attached hydrogens (tertiary/aromatic N) is 2. The van der Waals surface area contributed by atoms with Crippen LogP contribution in [0.3, 0.4) is 0 Å². The van der Waals surface area contributed by atoms with Gasteiger partial charge in [-0.3, -0.25) is 0 Å². The first-order valence-electron chi connectivity index (χ1n) is 5.61. The topological polar surface area (TPSA) is 44.2 Å². The van der Waals surface area contributed by atoms with Crippen LogP contribution in [0.15, 0.2) is 36.4 Å². The van der Waals surface area contributed by atoms with Crippen LogP contribution >= 0.6 is 11.6 Å². The quantitative estimate of drug-likeness (QED) is 0.777. The molecule has 0 unspecified atom stereocenters. The van der Waals surface area contributed by atoms with Crippen molar-refractivity contribution in [2.75, 3.05) is 6.61 Å². The zero-order valence-electron chi connectivity index (χ0n) is 9.97. The summed E-state index contributed by atoms with van der Waals surface area (Å²) in [6, 6.07) is 10.9. The van der Waals surface area contributed by atoms with Crippen molar-refractivity contribution in [1.29, 1.82) is 0 Å². The lowest BCUT2D eigenvalue weighted by atomic mass is 10.3. The van der Waals surface area contributed by atoms with Crippen molar-refractivity contribution in [2.45, 2.75) is 12.8 Å². The molecule has 0 atom stereocenters. The molecule has 0 aliphatic heterocycles. The molecule has 5 heteroatoms. The lowest BCUT2D eigenvalue weighted by Gasteiger charge is -2.06. The van der Waals surface area contributed by atoms with E-state index in [9.17, 15) is 0 Å². The Hall–Kier alpha value is -1.81. The van der Waals surface area contributed by atoms with E-state index in [0.717, 1.165) is 11.4 Å². The van der Waals surface area contributed by atoms with Gasteiger partial charge in [0.05, 0.1) is 18.2 Å². The fourth-order valence-electron chi connectivity index (χ4n) is 1.36. The normalized spacial score (nSPS) is 10.1. The van der Waals surface area contributed by atoms with Gasteiger partial charge in [-0.2, -0.15) is 5.10 Å². The first-order chi connectivity index (χ1) is 8.81. The maximum atomic E-state index is 5.63. The Morgan fingerprint density at radius 2 is 1.72 bits per heavy atom. The minimum atomic E-state index is 0.344. The molecule has 0 N–H and O–H groups in total. The molecule has 0 fully saturated rings. The number of halogens is 1. The van der Waals surface area contributed by atoms with Crippen LogP contribution in [0.1, 0.15) is 12.6 Å². The summed E-state index contributed by atoms with van der Waals surface area (Å²) in [5.41, 5.74) is 0.718. The van der Waals surface area contributed by atoms with Gasteiger partial charge in [0, 0.05) is 6.07 Å². The lowest BCUT2D eigenvalue weighted by molar-refractivity contribution is 0.339. The van der Waals surface area contributed by atoms with Crippen LogP contribution in [0.4, 0.5) is 0 Å². The monoisotopic (exact) mass is 264 g/mol. The van der Waals surface area contributed by atoms with E-state index >= 15 is 0 Å². The second-order valence-corrected chi connectivity index (χ2v) is 3.77. The summed E-state index contributed by atoms with van der Waals surface area (Å²) in [6.07, 6.45) is 0. The molecule has 18 heavy (non-hydrogen) atoms. The average molecular weight is 265 g/mol. The Morgan fingerprint density at radius 1 is 1.00 bits per heavy atom. The number of alkyl halides is 1. The van der Waals surface area contributed by atoms with Crippen molar-refractivity contribution in [3.63, 3.8) is 0 Å². The molecule has 0 amide bonds. The van der Waals surface area contributed by atoms with E-state index in [-0.39, 0.29) is 0 Å². The highest BCUT2D eigenvalue weighted by molar-refractivity contribution is 6.16. The van der Waals surface area contributed by atoms with Crippen LogP contribution in [0.5, 0.6) is 17.4 Å². The molecule has 1 aromatic carbocycles. The smallest absolute Gasteiger partial charge is 0.238 e. The van der Waals surface area contributed by atoms with Gasteiger partial charge in [0.15, 0.2) is 0 Å². The summed E-state index contributed by atoms with van der Waals surface area (Å²) in [5.74, 6) is 2.28. The van der Waals surface area contributed by atoms with Gasteiger partial charge >= 0.3 is 0 Å². The molecule has 94 valence electrons. The van der Waals surface area contributed by atoms with Gasteiger partial charge in [-0.05, 0) is 37.3 Å². The SMILES string of the molecule is CCOc1ccc(Oc2ccc(CCl)nn2)cc1. The van der Waals surface area contributed by atoms with Gasteiger partial charge in [0.25, 0.3) is 0 Å². The second-order valence-electron chi connectivity index (χ2n) is 3.50. The number of aromatic nitrogens is 2. The molecule has 0 saturated heterocycles. The van der Waals surface area contributed by atoms with Gasteiger partial charge in [-0.25, -0.2) is 0 Å². The highest BCUT2D eigenvalue weighted by atomic mass is 35.5. The van der Waals surface area contributed by atoms with Crippen LogP contribution < -0.4 is 9.47 Å². The molecule has 0 bridgehead atoms. The third-order valence-corrected chi connectivity index (χ3v) is 2.46. The highest BCUT2D eigenvalue weighted by Crippen LogP contribution is 2.22. The predicted molar refractivity (Wildman–Crippen MR) is 69.3 cm³/mol. The van der Waals surface area contributed by atoms with Gasteiger partial charge in [0.2, 0.25) is 5.88 Å². The average Bonchev–Trinajstić information content (AvgIpc) is 2.42. The summed E-state index contributed by atoms with van der Waals surface area (Å²) in [6.45, 7) is 2.59. The highest BCUT2D eigenvalue weighted by Gasteiger charge is 2.00. The summed E-state index contributed by atoms with van der Waals surface area (Å²) in [4.78, 5) is 0. The molecule has 2 aromatic rings. The number of ether oxygens (including phenoxy) is 2. The molecule has 0 aliphatic rings. The van der Waals surface area contributed by atoms with E-state index in [1.54, 1.807) is 12.1 Å². The van der Waals surface area contributed by atoms with Crippen molar-refractivity contribution in [1.82, 2.24) is 10.2 Å². The first-order valence-corrected chi connectivity index (χ1v) is 6.14. The number of rotatable bonds is 5. The Kier molecular flexibility index (Phi) is 4.36. The molecule has 1 aromatic heterocycles. The molecule has 0 radical (unpaired) electrons. The van der Waals surface area contributed by atoms with Gasteiger partial charge < -0.3 is 9.47 Å². The molecule has 2 rings (SSSR count). The van der Waals surface area contributed by atoms with Crippen LogP contribution in [0, 0.1) is 0 Å². The lowest BCUT2D eigenvalue weighted by Crippen LogP contribution is -1.94. The van der Waals surface area contributed by atoms with E-state index < -0.39 is 0 Å². The predicted octanol–water partition coefficient (Wildman–Crippen LogP) is 3.41. The van der Waals surface area contributed by atoms with Crippen molar-refractivity contribution in [3.8, 4) is 17.4 Å². The fourth-order valence-corrected chi connectivity index (χ4v) is 1.51. The van der Waals surface area contributed by atoms with Crippen LogP contribution in [0.2, 0.25) is 0 Å². The van der Waals surface area contributed by atoms with Gasteiger partial charge in [-0.15, -0.1) is 16.7 Å². The summed E-state index contributed by atoms with van der Waals surface area (Å²) < 4.78 is 10.9. The zero-order chi connectivity index (χ0) is 12.8. The Morgan fingerprint density at radius 3 is 2.28 bits per heavy atom. The molecular weight excluding hydrogens is 252 g/mol. The van der Waals surface area contributed by atoms with Crippen molar-refractivity contribution in [3.05, 3.63) is 42.1 Å². The molecule has 1 heterocycles. The minimum Gasteiger partial charge on any atom is -0.494 e. The van der Waals surface area contributed by atoms with E-state index in [1.807, 2.05) is 31.2 Å². The fraction of sp³-hybridized carbons (Fsp3) is 0.231. The maximum Gasteiger partial charge on any atom is 0.238 e. The summed E-state index contributed by atoms with van der Waals surface area (Å²) in [7, 11) is 0. The first kappa shape index (κ1) is 12.6.